The number of carbonyl (C=O) groups is 1. The molecule has 106 valence electrons. The normalized spacial score (nSPS) is 10.3. The second-order valence-electron chi connectivity index (χ2n) is 4.59. The van der Waals surface area contributed by atoms with Gasteiger partial charge >= 0.3 is 0 Å². The Morgan fingerprint density at radius 2 is 2.20 bits per heavy atom. The van der Waals surface area contributed by atoms with Crippen LogP contribution < -0.4 is 10.6 Å². The van der Waals surface area contributed by atoms with Crippen LogP contribution in [0.15, 0.2) is 24.4 Å². The molecule has 0 fully saturated rings. The molecule has 0 aliphatic carbocycles. The molecule has 0 aromatic carbocycles. The number of aryl methyl sites for hydroxylation is 2. The lowest BCUT2D eigenvalue weighted by Gasteiger charge is -2.06. The van der Waals surface area contributed by atoms with E-state index in [1.54, 1.807) is 16.9 Å². The van der Waals surface area contributed by atoms with E-state index in [0.29, 0.717) is 17.2 Å². The second-order valence-corrected chi connectivity index (χ2v) is 4.59. The molecule has 20 heavy (non-hydrogen) atoms. The second kappa shape index (κ2) is 6.18. The third-order valence-corrected chi connectivity index (χ3v) is 2.80. The number of hydrogen-bond donors (Lipinski definition) is 2. The Morgan fingerprint density at radius 1 is 1.40 bits per heavy atom. The maximum Gasteiger partial charge on any atom is 0.274 e. The number of carbonyl (C=O) groups excluding carboxylic acids is 1. The first kappa shape index (κ1) is 14.0. The monoisotopic (exact) mass is 273 g/mol. The van der Waals surface area contributed by atoms with E-state index in [0.717, 1.165) is 18.7 Å². The Bertz CT molecular complexity index is 605. The lowest BCUT2D eigenvalue weighted by atomic mass is 10.3. The van der Waals surface area contributed by atoms with Crippen LogP contribution in [0.5, 0.6) is 0 Å². The van der Waals surface area contributed by atoms with E-state index in [2.05, 4.69) is 27.6 Å². The van der Waals surface area contributed by atoms with Crippen LogP contribution in [-0.2, 0) is 7.05 Å². The van der Waals surface area contributed by atoms with Gasteiger partial charge in [-0.05, 0) is 25.5 Å². The molecule has 2 N–H and O–H groups in total. The average Bonchev–Trinajstić information content (AvgIpc) is 2.75. The molecule has 1 amide bonds. The van der Waals surface area contributed by atoms with Gasteiger partial charge in [0.1, 0.15) is 11.5 Å². The molecule has 0 atom stereocenters. The summed E-state index contributed by atoms with van der Waals surface area (Å²) in [6, 6.07) is 5.36. The predicted octanol–water partition coefficient (Wildman–Crippen LogP) is 2.20. The molecule has 0 aliphatic rings. The lowest BCUT2D eigenvalue weighted by Crippen LogP contribution is -2.15. The molecule has 0 spiro atoms. The van der Waals surface area contributed by atoms with Crippen LogP contribution >= 0.6 is 0 Å². The van der Waals surface area contributed by atoms with E-state index in [4.69, 9.17) is 0 Å². The summed E-state index contributed by atoms with van der Waals surface area (Å²) in [5.41, 5.74) is 1.86. The number of amides is 1. The summed E-state index contributed by atoms with van der Waals surface area (Å²) in [6.07, 6.45) is 2.78. The standard InChI is InChI=1S/C14H19N5O/c1-4-8-15-13-7-5-6-11(16-13)14(20)17-12-9-19(3)18-10(12)2/h5-7,9H,4,8H2,1-3H3,(H,15,16)(H,17,20). The van der Waals surface area contributed by atoms with Crippen LogP contribution in [0.25, 0.3) is 0 Å². The fraction of sp³-hybridized carbons (Fsp3) is 0.357. The van der Waals surface area contributed by atoms with Crippen LogP contribution in [0.3, 0.4) is 0 Å². The van der Waals surface area contributed by atoms with E-state index in [-0.39, 0.29) is 5.91 Å². The molecule has 2 heterocycles. The van der Waals surface area contributed by atoms with E-state index in [1.807, 2.05) is 26.1 Å². The Labute approximate surface area is 118 Å². The minimum Gasteiger partial charge on any atom is -0.370 e. The van der Waals surface area contributed by atoms with Crippen molar-refractivity contribution in [1.29, 1.82) is 0 Å². The Balaban J connectivity index is 2.10. The summed E-state index contributed by atoms with van der Waals surface area (Å²) in [5.74, 6) is 0.476. The predicted molar refractivity (Wildman–Crippen MR) is 78.9 cm³/mol. The van der Waals surface area contributed by atoms with Crippen molar-refractivity contribution in [3.8, 4) is 0 Å². The molecule has 2 aromatic heterocycles. The fourth-order valence-electron chi connectivity index (χ4n) is 1.82. The number of pyridine rings is 1. The number of aromatic nitrogens is 3. The van der Waals surface area contributed by atoms with Crippen LogP contribution in [0, 0.1) is 6.92 Å². The van der Waals surface area contributed by atoms with Gasteiger partial charge in [-0.1, -0.05) is 13.0 Å². The minimum absolute atomic E-state index is 0.235. The summed E-state index contributed by atoms with van der Waals surface area (Å²) in [5, 5.41) is 10.2. The van der Waals surface area contributed by atoms with Gasteiger partial charge in [-0.25, -0.2) is 4.98 Å². The van der Waals surface area contributed by atoms with Gasteiger partial charge in [0.15, 0.2) is 0 Å². The maximum absolute atomic E-state index is 12.2. The third kappa shape index (κ3) is 3.34. The minimum atomic E-state index is -0.235. The first-order valence-corrected chi connectivity index (χ1v) is 6.62. The molecule has 0 aliphatic heterocycles. The molecule has 2 rings (SSSR count). The van der Waals surface area contributed by atoms with Crippen molar-refractivity contribution in [2.75, 3.05) is 17.2 Å². The molecule has 6 nitrogen and oxygen atoms in total. The van der Waals surface area contributed by atoms with E-state index < -0.39 is 0 Å². The molecule has 0 radical (unpaired) electrons. The zero-order valence-electron chi connectivity index (χ0n) is 12.0. The highest BCUT2D eigenvalue weighted by Crippen LogP contribution is 2.13. The van der Waals surface area contributed by atoms with Gasteiger partial charge in [0, 0.05) is 19.8 Å². The van der Waals surface area contributed by atoms with Crippen molar-refractivity contribution >= 4 is 17.4 Å². The Hall–Kier alpha value is -2.37. The highest BCUT2D eigenvalue weighted by Gasteiger charge is 2.11. The van der Waals surface area contributed by atoms with E-state index >= 15 is 0 Å². The molecular weight excluding hydrogens is 254 g/mol. The first-order chi connectivity index (χ1) is 9.60. The van der Waals surface area contributed by atoms with Crippen molar-refractivity contribution in [1.82, 2.24) is 14.8 Å². The van der Waals surface area contributed by atoms with Gasteiger partial charge in [0.25, 0.3) is 5.91 Å². The van der Waals surface area contributed by atoms with Gasteiger partial charge in [-0.2, -0.15) is 5.10 Å². The molecule has 0 bridgehead atoms. The molecular formula is C14H19N5O. The quantitative estimate of drug-likeness (QED) is 0.876. The zero-order chi connectivity index (χ0) is 14.5. The van der Waals surface area contributed by atoms with Gasteiger partial charge < -0.3 is 10.6 Å². The van der Waals surface area contributed by atoms with E-state index in [9.17, 15) is 4.79 Å². The molecule has 6 heteroatoms. The summed E-state index contributed by atoms with van der Waals surface area (Å²) >= 11 is 0. The highest BCUT2D eigenvalue weighted by atomic mass is 16.1. The van der Waals surface area contributed by atoms with Crippen LogP contribution in [-0.4, -0.2) is 27.2 Å². The number of rotatable bonds is 5. The molecule has 0 saturated carbocycles. The number of anilines is 2. The van der Waals surface area contributed by atoms with Gasteiger partial charge in [-0.15, -0.1) is 0 Å². The number of hydrogen-bond acceptors (Lipinski definition) is 4. The summed E-state index contributed by atoms with van der Waals surface area (Å²) in [6.45, 7) is 4.76. The topological polar surface area (TPSA) is 71.8 Å². The fourth-order valence-corrected chi connectivity index (χ4v) is 1.82. The van der Waals surface area contributed by atoms with Crippen molar-refractivity contribution in [2.24, 2.45) is 7.05 Å². The van der Waals surface area contributed by atoms with Gasteiger partial charge in [-0.3, -0.25) is 9.48 Å². The van der Waals surface area contributed by atoms with Gasteiger partial charge in [0.2, 0.25) is 0 Å². The highest BCUT2D eigenvalue weighted by molar-refractivity contribution is 6.03. The van der Waals surface area contributed by atoms with Crippen molar-refractivity contribution in [3.05, 3.63) is 35.8 Å². The maximum atomic E-state index is 12.2. The first-order valence-electron chi connectivity index (χ1n) is 6.62. The SMILES string of the molecule is CCCNc1cccc(C(=O)Nc2cn(C)nc2C)n1. The van der Waals surface area contributed by atoms with Crippen molar-refractivity contribution < 1.29 is 4.79 Å². The van der Waals surface area contributed by atoms with Crippen molar-refractivity contribution in [3.63, 3.8) is 0 Å². The number of nitrogens with one attached hydrogen (secondary N) is 2. The summed E-state index contributed by atoms with van der Waals surface area (Å²) in [4.78, 5) is 16.5. The Morgan fingerprint density at radius 3 is 2.85 bits per heavy atom. The van der Waals surface area contributed by atoms with Crippen molar-refractivity contribution in [2.45, 2.75) is 20.3 Å². The van der Waals surface area contributed by atoms with Gasteiger partial charge in [0.05, 0.1) is 11.4 Å². The van der Waals surface area contributed by atoms with Crippen LogP contribution in [0.1, 0.15) is 29.5 Å². The average molecular weight is 273 g/mol. The molecule has 0 saturated heterocycles. The zero-order valence-corrected chi connectivity index (χ0v) is 12.0. The molecule has 2 aromatic rings. The summed E-state index contributed by atoms with van der Waals surface area (Å²) < 4.78 is 1.66. The third-order valence-electron chi connectivity index (χ3n) is 2.80. The summed E-state index contributed by atoms with van der Waals surface area (Å²) in [7, 11) is 1.82. The van der Waals surface area contributed by atoms with Crippen LogP contribution in [0.4, 0.5) is 11.5 Å². The van der Waals surface area contributed by atoms with Crippen LogP contribution in [0.2, 0.25) is 0 Å². The smallest absolute Gasteiger partial charge is 0.274 e. The largest absolute Gasteiger partial charge is 0.370 e. The number of nitrogens with zero attached hydrogens (tertiary/aromatic N) is 3. The lowest BCUT2D eigenvalue weighted by molar-refractivity contribution is 0.102. The van der Waals surface area contributed by atoms with E-state index in [1.165, 1.54) is 0 Å². The Kier molecular flexibility index (Phi) is 4.34. The molecule has 0 unspecified atom stereocenters.